The van der Waals surface area contributed by atoms with E-state index >= 15 is 0 Å². The number of hydrogen-bond donors (Lipinski definition) is 0. The number of imide groups is 1. The molecule has 1 heterocycles. The van der Waals surface area contributed by atoms with Crippen LogP contribution in [0, 0.1) is 0 Å². The molecule has 1 aliphatic rings. The van der Waals surface area contributed by atoms with Gasteiger partial charge in [-0.1, -0.05) is 0 Å². The fraction of sp³-hybridized carbons (Fsp3) is 0.625. The molecule has 0 aliphatic carbocycles. The quantitative estimate of drug-likeness (QED) is 0.504. The Morgan fingerprint density at radius 1 is 1.46 bits per heavy atom. The summed E-state index contributed by atoms with van der Waals surface area (Å²) in [5, 5.41) is 0. The van der Waals surface area contributed by atoms with E-state index in [1.807, 2.05) is 0 Å². The van der Waals surface area contributed by atoms with E-state index in [4.69, 9.17) is 0 Å². The SMILES string of the molecule is CCC(C(=O)[Se-])N1C(=O)CCC1=O. The van der Waals surface area contributed by atoms with Crippen molar-refractivity contribution < 1.29 is 14.4 Å². The predicted molar refractivity (Wildman–Crippen MR) is 45.9 cm³/mol. The molecule has 1 unspecified atom stereocenters. The van der Waals surface area contributed by atoms with Gasteiger partial charge in [0.15, 0.2) is 0 Å². The first-order valence-electron chi connectivity index (χ1n) is 4.13. The van der Waals surface area contributed by atoms with Gasteiger partial charge in [0.1, 0.15) is 0 Å². The van der Waals surface area contributed by atoms with Gasteiger partial charge in [-0.05, 0) is 0 Å². The Labute approximate surface area is 84.5 Å². The molecule has 13 heavy (non-hydrogen) atoms. The molecule has 2 amide bonds. The predicted octanol–water partition coefficient (Wildman–Crippen LogP) is -0.391. The molecule has 1 atom stereocenters. The third-order valence-electron chi connectivity index (χ3n) is 2.06. The number of amides is 2. The summed E-state index contributed by atoms with van der Waals surface area (Å²) in [6.07, 6.45) is 0.953. The number of carbonyl (C=O) groups is 3. The molecule has 72 valence electrons. The molecule has 0 aromatic rings. The molecule has 0 bridgehead atoms. The van der Waals surface area contributed by atoms with Gasteiger partial charge in [-0.3, -0.25) is 0 Å². The van der Waals surface area contributed by atoms with Crippen LogP contribution in [0.1, 0.15) is 26.2 Å². The van der Waals surface area contributed by atoms with Gasteiger partial charge in [0, 0.05) is 0 Å². The molecule has 1 aliphatic heterocycles. The van der Waals surface area contributed by atoms with Crippen molar-refractivity contribution in [1.82, 2.24) is 4.90 Å². The summed E-state index contributed by atoms with van der Waals surface area (Å²) in [5.41, 5.74) is 0. The monoisotopic (exact) mass is 248 g/mol. The second-order valence-electron chi connectivity index (χ2n) is 2.90. The molecule has 0 aromatic heterocycles. The zero-order valence-electron chi connectivity index (χ0n) is 7.28. The Morgan fingerprint density at radius 3 is 2.23 bits per heavy atom. The fourth-order valence-electron chi connectivity index (χ4n) is 1.40. The number of carbonyl (C=O) groups excluding carboxylic acids is 3. The average Bonchev–Trinajstić information content (AvgIpc) is 2.36. The van der Waals surface area contributed by atoms with Crippen molar-refractivity contribution >= 4 is 32.5 Å². The molecule has 1 saturated heterocycles. The summed E-state index contributed by atoms with van der Waals surface area (Å²) in [4.78, 5) is 34.6. The molecule has 0 aromatic carbocycles. The summed E-state index contributed by atoms with van der Waals surface area (Å²) in [7, 11) is 0. The van der Waals surface area contributed by atoms with Crippen molar-refractivity contribution in [2.75, 3.05) is 0 Å². The minimum atomic E-state index is -0.595. The van der Waals surface area contributed by atoms with Crippen molar-refractivity contribution in [2.45, 2.75) is 32.2 Å². The van der Waals surface area contributed by atoms with E-state index in [-0.39, 0.29) is 29.3 Å². The minimum absolute atomic E-state index is 0.236. The van der Waals surface area contributed by atoms with Crippen LogP contribution in [-0.2, 0) is 14.4 Å². The normalized spacial score (nSPS) is 19.3. The van der Waals surface area contributed by atoms with E-state index in [0.717, 1.165) is 4.90 Å². The van der Waals surface area contributed by atoms with Gasteiger partial charge in [-0.25, -0.2) is 0 Å². The van der Waals surface area contributed by atoms with E-state index in [1.165, 1.54) is 0 Å². The molecule has 0 radical (unpaired) electrons. The van der Waals surface area contributed by atoms with E-state index in [1.54, 1.807) is 6.92 Å². The van der Waals surface area contributed by atoms with Crippen LogP contribution < -0.4 is 0 Å². The zero-order chi connectivity index (χ0) is 10.0. The van der Waals surface area contributed by atoms with E-state index in [9.17, 15) is 14.4 Å². The number of hydrogen-bond acceptors (Lipinski definition) is 3. The van der Waals surface area contributed by atoms with Crippen LogP contribution in [0.25, 0.3) is 0 Å². The molecule has 5 heteroatoms. The summed E-state index contributed by atoms with van der Waals surface area (Å²) < 4.78 is -0.244. The number of nitrogens with zero attached hydrogens (tertiary/aromatic N) is 1. The summed E-state index contributed by atoms with van der Waals surface area (Å²) in [6.45, 7) is 1.78. The molecule has 4 nitrogen and oxygen atoms in total. The molecule has 1 rings (SSSR count). The Morgan fingerprint density at radius 2 is 1.92 bits per heavy atom. The molecule has 0 saturated carbocycles. The third kappa shape index (κ3) is 1.98. The maximum absolute atomic E-state index is 11.2. The second-order valence-corrected chi connectivity index (χ2v) is 3.74. The first-order chi connectivity index (χ1) is 6.07. The Balaban J connectivity index is 2.84. The van der Waals surface area contributed by atoms with Crippen molar-refractivity contribution in [1.29, 1.82) is 0 Å². The van der Waals surface area contributed by atoms with Gasteiger partial charge < -0.3 is 0 Å². The second kappa shape index (κ2) is 4.03. The Kier molecular flexibility index (Phi) is 3.22. The molecule has 0 N–H and O–H groups in total. The third-order valence-corrected chi connectivity index (χ3v) is 2.63. The van der Waals surface area contributed by atoms with Crippen LogP contribution in [0.5, 0.6) is 0 Å². The summed E-state index contributed by atoms with van der Waals surface area (Å²) in [6, 6.07) is -0.595. The summed E-state index contributed by atoms with van der Waals surface area (Å²) >= 11 is 2.32. The number of likely N-dealkylation sites (tertiary alicyclic amines) is 1. The van der Waals surface area contributed by atoms with Gasteiger partial charge in [0.2, 0.25) is 0 Å². The van der Waals surface area contributed by atoms with Gasteiger partial charge in [-0.15, -0.1) is 0 Å². The maximum atomic E-state index is 11.2. The van der Waals surface area contributed by atoms with E-state index < -0.39 is 6.04 Å². The van der Waals surface area contributed by atoms with Gasteiger partial charge in [0.25, 0.3) is 0 Å². The summed E-state index contributed by atoms with van der Waals surface area (Å²) in [5.74, 6) is -0.471. The van der Waals surface area contributed by atoms with Crippen molar-refractivity contribution in [3.63, 3.8) is 0 Å². The standard InChI is InChI=1S/C8H11NO3Se/c1-2-5(8(12)13)9-6(10)3-4-7(9)11/h5H,2-4H2,1H3,(H,12,13)/p-1. The Bertz CT molecular complexity index is 248. The molecular weight excluding hydrogens is 237 g/mol. The zero-order valence-corrected chi connectivity index (χ0v) is 8.99. The Hall–Kier alpha value is -0.671. The molecule has 0 spiro atoms. The molecule has 1 fully saturated rings. The topological polar surface area (TPSA) is 54.5 Å². The van der Waals surface area contributed by atoms with Gasteiger partial charge in [-0.2, -0.15) is 0 Å². The first-order valence-corrected chi connectivity index (χ1v) is 4.99. The van der Waals surface area contributed by atoms with Crippen LogP contribution in [0.4, 0.5) is 0 Å². The van der Waals surface area contributed by atoms with Gasteiger partial charge >= 0.3 is 84.0 Å². The average molecular weight is 247 g/mol. The van der Waals surface area contributed by atoms with Crippen molar-refractivity contribution in [3.8, 4) is 0 Å². The van der Waals surface area contributed by atoms with Gasteiger partial charge in [0.05, 0.1) is 0 Å². The van der Waals surface area contributed by atoms with E-state index in [2.05, 4.69) is 16.0 Å². The number of rotatable bonds is 3. The van der Waals surface area contributed by atoms with Crippen LogP contribution in [-0.4, -0.2) is 43.5 Å². The van der Waals surface area contributed by atoms with Crippen molar-refractivity contribution in [2.24, 2.45) is 0 Å². The van der Waals surface area contributed by atoms with Crippen molar-refractivity contribution in [3.05, 3.63) is 0 Å². The van der Waals surface area contributed by atoms with E-state index in [0.29, 0.717) is 6.42 Å². The fourth-order valence-corrected chi connectivity index (χ4v) is 1.97. The van der Waals surface area contributed by atoms with Crippen LogP contribution >= 0.6 is 0 Å². The molecular formula is C8H10NO3Se-. The van der Waals surface area contributed by atoms with Crippen LogP contribution in [0.15, 0.2) is 0 Å². The van der Waals surface area contributed by atoms with Crippen LogP contribution in [0.2, 0.25) is 0 Å². The van der Waals surface area contributed by atoms with Crippen LogP contribution in [0.3, 0.4) is 0 Å². The first kappa shape index (κ1) is 10.4.